The largest absolute Gasteiger partial charge is 0.289 e. The number of allylic oxidation sites excluding steroid dienone is 2. The number of ketones is 1. The Morgan fingerprint density at radius 1 is 0.905 bits per heavy atom. The van der Waals surface area contributed by atoms with Crippen LogP contribution in [0.15, 0.2) is 43.0 Å². The lowest BCUT2D eigenvalue weighted by Gasteiger charge is -2.16. The number of hydrogen-bond donors (Lipinski definition) is 0. The standard InChI is InChI=1S/C16H12Br2OS2/c17-12-6-14(20-8-12)4-10-2-1-3-11(16(10)19)5-15-7-13(18)9-21-15/h4-9H,1-3H2/b10-4+,11-5+. The van der Waals surface area contributed by atoms with Crippen molar-refractivity contribution in [2.24, 2.45) is 0 Å². The van der Waals surface area contributed by atoms with Crippen LogP contribution in [-0.2, 0) is 4.79 Å². The van der Waals surface area contributed by atoms with Crippen LogP contribution < -0.4 is 0 Å². The second-order valence-corrected chi connectivity index (χ2v) is 8.57. The molecule has 0 saturated heterocycles. The molecule has 1 saturated carbocycles. The van der Waals surface area contributed by atoms with Crippen molar-refractivity contribution in [2.75, 3.05) is 0 Å². The minimum absolute atomic E-state index is 0.204. The molecule has 3 rings (SSSR count). The zero-order valence-electron chi connectivity index (χ0n) is 11.1. The molecule has 1 aliphatic carbocycles. The number of thiophene rings is 2. The maximum atomic E-state index is 12.6. The van der Waals surface area contributed by atoms with Gasteiger partial charge < -0.3 is 0 Å². The van der Waals surface area contributed by atoms with Crippen LogP contribution in [0.25, 0.3) is 12.2 Å². The van der Waals surface area contributed by atoms with E-state index in [-0.39, 0.29) is 5.78 Å². The van der Waals surface area contributed by atoms with Crippen LogP contribution in [-0.4, -0.2) is 5.78 Å². The first-order chi connectivity index (χ1) is 10.1. The van der Waals surface area contributed by atoms with Crippen molar-refractivity contribution in [3.63, 3.8) is 0 Å². The van der Waals surface area contributed by atoms with Crippen LogP contribution in [0.3, 0.4) is 0 Å². The Labute approximate surface area is 148 Å². The van der Waals surface area contributed by atoms with E-state index in [2.05, 4.69) is 44.0 Å². The lowest BCUT2D eigenvalue weighted by Crippen LogP contribution is -2.11. The molecular weight excluding hydrogens is 432 g/mol. The van der Waals surface area contributed by atoms with Crippen LogP contribution in [0.2, 0.25) is 0 Å². The molecule has 1 nitrogen and oxygen atoms in total. The van der Waals surface area contributed by atoms with E-state index in [9.17, 15) is 4.79 Å². The third-order valence-corrected chi connectivity index (χ3v) is 6.57. The predicted molar refractivity (Wildman–Crippen MR) is 98.9 cm³/mol. The highest BCUT2D eigenvalue weighted by atomic mass is 79.9. The Morgan fingerprint density at radius 3 is 1.76 bits per heavy atom. The maximum absolute atomic E-state index is 12.6. The summed E-state index contributed by atoms with van der Waals surface area (Å²) >= 11 is 10.2. The van der Waals surface area contributed by atoms with E-state index in [0.29, 0.717) is 0 Å². The third-order valence-electron chi connectivity index (χ3n) is 3.28. The Bertz CT molecular complexity index is 677. The molecule has 5 heteroatoms. The van der Waals surface area contributed by atoms with Gasteiger partial charge in [-0.3, -0.25) is 4.79 Å². The minimum atomic E-state index is 0.204. The van der Waals surface area contributed by atoms with E-state index >= 15 is 0 Å². The number of halogens is 2. The fourth-order valence-electron chi connectivity index (χ4n) is 2.33. The van der Waals surface area contributed by atoms with Crippen LogP contribution in [0.5, 0.6) is 0 Å². The van der Waals surface area contributed by atoms with E-state index in [0.717, 1.165) is 49.1 Å². The van der Waals surface area contributed by atoms with Gasteiger partial charge in [-0.05, 0) is 75.4 Å². The summed E-state index contributed by atoms with van der Waals surface area (Å²) in [6.45, 7) is 0. The minimum Gasteiger partial charge on any atom is -0.289 e. The monoisotopic (exact) mass is 442 g/mol. The molecule has 108 valence electrons. The van der Waals surface area contributed by atoms with Gasteiger partial charge in [0, 0.05) is 40.6 Å². The normalized spacial score (nSPS) is 19.6. The van der Waals surface area contributed by atoms with E-state index in [4.69, 9.17) is 0 Å². The first-order valence-corrected chi connectivity index (χ1v) is 9.90. The molecule has 0 spiro atoms. The van der Waals surface area contributed by atoms with E-state index in [1.54, 1.807) is 22.7 Å². The van der Waals surface area contributed by atoms with Gasteiger partial charge in [-0.2, -0.15) is 0 Å². The lowest BCUT2D eigenvalue weighted by molar-refractivity contribution is -0.112. The second-order valence-electron chi connectivity index (χ2n) is 4.86. The fourth-order valence-corrected chi connectivity index (χ4v) is 5.13. The molecule has 2 aromatic heterocycles. The third kappa shape index (κ3) is 3.83. The first-order valence-electron chi connectivity index (χ1n) is 6.56. The fraction of sp³-hybridized carbons (Fsp3) is 0.188. The molecule has 0 radical (unpaired) electrons. The van der Waals surface area contributed by atoms with Gasteiger partial charge in [0.1, 0.15) is 0 Å². The zero-order chi connectivity index (χ0) is 14.8. The Kier molecular flexibility index (Phi) is 4.94. The summed E-state index contributed by atoms with van der Waals surface area (Å²) in [7, 11) is 0. The number of Topliss-reactive ketones (excluding diaryl/α,β-unsaturated/α-hetero) is 1. The highest BCUT2D eigenvalue weighted by Crippen LogP contribution is 2.31. The average molecular weight is 444 g/mol. The average Bonchev–Trinajstić information content (AvgIpc) is 3.03. The van der Waals surface area contributed by atoms with Crippen molar-refractivity contribution >= 4 is 72.5 Å². The van der Waals surface area contributed by atoms with Crippen molar-refractivity contribution in [2.45, 2.75) is 19.3 Å². The van der Waals surface area contributed by atoms with Gasteiger partial charge in [0.15, 0.2) is 5.78 Å². The molecule has 0 aromatic carbocycles. The molecule has 0 aliphatic heterocycles. The van der Waals surface area contributed by atoms with Gasteiger partial charge in [-0.1, -0.05) is 0 Å². The van der Waals surface area contributed by atoms with Crippen molar-refractivity contribution in [3.8, 4) is 0 Å². The highest BCUT2D eigenvalue weighted by Gasteiger charge is 2.20. The van der Waals surface area contributed by atoms with Crippen LogP contribution in [0.1, 0.15) is 29.0 Å². The molecule has 2 aromatic rings. The van der Waals surface area contributed by atoms with E-state index in [1.165, 1.54) is 0 Å². The van der Waals surface area contributed by atoms with Crippen LogP contribution in [0.4, 0.5) is 0 Å². The molecule has 0 unspecified atom stereocenters. The summed E-state index contributed by atoms with van der Waals surface area (Å²) in [5.74, 6) is 0.204. The van der Waals surface area contributed by atoms with Crippen molar-refractivity contribution < 1.29 is 4.79 Å². The number of carbonyl (C=O) groups excluding carboxylic acids is 1. The molecular formula is C16H12Br2OS2. The molecule has 0 amide bonds. The smallest absolute Gasteiger partial charge is 0.185 e. The Balaban J connectivity index is 1.87. The maximum Gasteiger partial charge on any atom is 0.185 e. The molecule has 21 heavy (non-hydrogen) atoms. The Hall–Kier alpha value is -0.490. The van der Waals surface area contributed by atoms with Gasteiger partial charge in [-0.15, -0.1) is 22.7 Å². The van der Waals surface area contributed by atoms with Gasteiger partial charge in [0.2, 0.25) is 0 Å². The summed E-state index contributed by atoms with van der Waals surface area (Å²) < 4.78 is 2.14. The SMILES string of the molecule is O=C1/C(=C/c2cc(Br)cs2)CCC/C1=C\c1cc(Br)cs1. The summed E-state index contributed by atoms with van der Waals surface area (Å²) in [4.78, 5) is 14.9. The van der Waals surface area contributed by atoms with Gasteiger partial charge in [0.25, 0.3) is 0 Å². The molecule has 0 N–H and O–H groups in total. The number of hydrogen-bond acceptors (Lipinski definition) is 3. The summed E-state index contributed by atoms with van der Waals surface area (Å²) in [6.07, 6.45) is 6.87. The van der Waals surface area contributed by atoms with Crippen molar-refractivity contribution in [3.05, 3.63) is 52.7 Å². The zero-order valence-corrected chi connectivity index (χ0v) is 15.9. The van der Waals surface area contributed by atoms with Crippen LogP contribution >= 0.6 is 54.5 Å². The highest BCUT2D eigenvalue weighted by molar-refractivity contribution is 9.10. The lowest BCUT2D eigenvalue weighted by atomic mass is 9.88. The molecule has 1 fully saturated rings. The summed E-state index contributed by atoms with van der Waals surface area (Å²) in [5, 5.41) is 4.08. The second kappa shape index (κ2) is 6.73. The molecule has 0 atom stereocenters. The van der Waals surface area contributed by atoms with E-state index in [1.807, 2.05) is 22.9 Å². The molecule has 2 heterocycles. The van der Waals surface area contributed by atoms with Crippen LogP contribution in [0, 0.1) is 0 Å². The Morgan fingerprint density at radius 2 is 1.38 bits per heavy atom. The quantitative estimate of drug-likeness (QED) is 0.480. The summed E-state index contributed by atoms with van der Waals surface area (Å²) in [5.41, 5.74) is 1.86. The van der Waals surface area contributed by atoms with Gasteiger partial charge in [0.05, 0.1) is 0 Å². The van der Waals surface area contributed by atoms with E-state index < -0.39 is 0 Å². The summed E-state index contributed by atoms with van der Waals surface area (Å²) in [6, 6.07) is 4.11. The first kappa shape index (κ1) is 15.4. The van der Waals surface area contributed by atoms with Gasteiger partial charge >= 0.3 is 0 Å². The topological polar surface area (TPSA) is 17.1 Å². The van der Waals surface area contributed by atoms with Crippen molar-refractivity contribution in [1.29, 1.82) is 0 Å². The predicted octanol–water partition coefficient (Wildman–Crippen LogP) is 6.55. The van der Waals surface area contributed by atoms with Crippen molar-refractivity contribution in [1.82, 2.24) is 0 Å². The van der Waals surface area contributed by atoms with Gasteiger partial charge in [-0.25, -0.2) is 0 Å². The number of rotatable bonds is 2. The molecule has 1 aliphatic rings. The molecule has 0 bridgehead atoms. The number of carbonyl (C=O) groups is 1.